The van der Waals surface area contributed by atoms with Gasteiger partial charge in [0, 0.05) is 20.6 Å². The molecule has 0 radical (unpaired) electrons. The zero-order valence-electron chi connectivity index (χ0n) is 11.8. The number of benzene rings is 3. The zero-order chi connectivity index (χ0) is 16.6. The Labute approximate surface area is 159 Å². The van der Waals surface area contributed by atoms with Crippen LogP contribution in [0, 0.1) is 0 Å². The van der Waals surface area contributed by atoms with Gasteiger partial charge in [-0.25, -0.2) is 0 Å². The van der Waals surface area contributed by atoms with Crippen molar-refractivity contribution in [2.75, 3.05) is 4.43 Å². The predicted octanol–water partition coefficient (Wildman–Crippen LogP) is 4.55. The number of fused-ring (bicyclic) bond motifs is 2. The Hall–Kier alpha value is -1.29. The SMILES string of the molecule is O=C(Oc1c2ccccc2cc2c(O)c(O)ccc12)C(I)CI. The number of aromatic hydroxyl groups is 2. The molecular formula is C17H12I2O4. The molecule has 0 fully saturated rings. The fraction of sp³-hybridized carbons (Fsp3) is 0.118. The van der Waals surface area contributed by atoms with Crippen molar-refractivity contribution >= 4 is 72.7 Å². The van der Waals surface area contributed by atoms with Crippen LogP contribution < -0.4 is 4.74 Å². The van der Waals surface area contributed by atoms with Crippen LogP contribution in [0.5, 0.6) is 17.2 Å². The van der Waals surface area contributed by atoms with E-state index < -0.39 is 0 Å². The van der Waals surface area contributed by atoms with Crippen molar-refractivity contribution in [3.8, 4) is 17.2 Å². The first kappa shape index (κ1) is 16.6. The number of hydrogen-bond acceptors (Lipinski definition) is 4. The second-order valence-corrected chi connectivity index (χ2v) is 7.38. The molecule has 0 spiro atoms. The molecule has 1 unspecified atom stereocenters. The summed E-state index contributed by atoms with van der Waals surface area (Å²) < 4.78 is 6.03. The summed E-state index contributed by atoms with van der Waals surface area (Å²) in [6, 6.07) is 12.3. The summed E-state index contributed by atoms with van der Waals surface area (Å²) in [6.45, 7) is 0. The van der Waals surface area contributed by atoms with Crippen LogP contribution in [0.25, 0.3) is 21.5 Å². The second kappa shape index (κ2) is 6.68. The van der Waals surface area contributed by atoms with Crippen molar-refractivity contribution in [1.82, 2.24) is 0 Å². The molecule has 0 aliphatic carbocycles. The maximum Gasteiger partial charge on any atom is 0.325 e. The molecule has 2 N–H and O–H groups in total. The van der Waals surface area contributed by atoms with Crippen molar-refractivity contribution < 1.29 is 19.7 Å². The van der Waals surface area contributed by atoms with Gasteiger partial charge >= 0.3 is 5.97 Å². The van der Waals surface area contributed by atoms with Crippen molar-refractivity contribution in [3.63, 3.8) is 0 Å². The molecule has 118 valence electrons. The number of ether oxygens (including phenoxy) is 1. The Bertz CT molecular complexity index is 908. The average molecular weight is 534 g/mol. The molecule has 0 saturated heterocycles. The minimum atomic E-state index is -0.329. The van der Waals surface area contributed by atoms with Gasteiger partial charge in [-0.3, -0.25) is 4.79 Å². The van der Waals surface area contributed by atoms with Crippen LogP contribution in [0.3, 0.4) is 0 Å². The molecule has 23 heavy (non-hydrogen) atoms. The fourth-order valence-corrected chi connectivity index (χ4v) is 2.90. The molecule has 0 aromatic heterocycles. The first-order chi connectivity index (χ1) is 11.0. The quantitative estimate of drug-likeness (QED) is 0.129. The third kappa shape index (κ3) is 3.06. The van der Waals surface area contributed by atoms with E-state index in [0.717, 1.165) is 10.8 Å². The lowest BCUT2D eigenvalue weighted by molar-refractivity contribution is -0.132. The highest BCUT2D eigenvalue weighted by Gasteiger charge is 2.20. The van der Waals surface area contributed by atoms with Gasteiger partial charge in [-0.15, -0.1) is 0 Å². The van der Waals surface area contributed by atoms with E-state index in [1.54, 1.807) is 12.1 Å². The molecule has 1 atom stereocenters. The average Bonchev–Trinajstić information content (AvgIpc) is 2.57. The molecule has 0 saturated carbocycles. The molecule has 0 amide bonds. The maximum absolute atomic E-state index is 12.2. The molecule has 0 aliphatic rings. The van der Waals surface area contributed by atoms with E-state index >= 15 is 0 Å². The van der Waals surface area contributed by atoms with E-state index in [-0.39, 0.29) is 21.4 Å². The van der Waals surface area contributed by atoms with Gasteiger partial charge in [-0.05, 0) is 23.6 Å². The molecule has 0 aliphatic heterocycles. The number of phenols is 2. The number of carbonyl (C=O) groups is 1. The monoisotopic (exact) mass is 534 g/mol. The molecule has 0 heterocycles. The zero-order valence-corrected chi connectivity index (χ0v) is 16.1. The van der Waals surface area contributed by atoms with Crippen molar-refractivity contribution in [2.45, 2.75) is 3.92 Å². The van der Waals surface area contributed by atoms with E-state index in [9.17, 15) is 15.0 Å². The Morgan fingerprint density at radius 1 is 1.09 bits per heavy atom. The number of hydrogen-bond donors (Lipinski definition) is 2. The number of rotatable bonds is 3. The first-order valence-corrected chi connectivity index (χ1v) is 9.58. The number of halogens is 2. The van der Waals surface area contributed by atoms with Gasteiger partial charge in [-0.1, -0.05) is 69.4 Å². The lowest BCUT2D eigenvalue weighted by Crippen LogP contribution is -2.21. The summed E-state index contributed by atoms with van der Waals surface area (Å²) in [6.07, 6.45) is 0. The van der Waals surface area contributed by atoms with Gasteiger partial charge in [-0.2, -0.15) is 0 Å². The highest BCUT2D eigenvalue weighted by molar-refractivity contribution is 14.1. The predicted molar refractivity (Wildman–Crippen MR) is 107 cm³/mol. The van der Waals surface area contributed by atoms with Gasteiger partial charge in [0.2, 0.25) is 0 Å². The van der Waals surface area contributed by atoms with Crippen molar-refractivity contribution in [2.24, 2.45) is 0 Å². The van der Waals surface area contributed by atoms with Crippen LogP contribution in [0.1, 0.15) is 0 Å². The third-order valence-corrected chi connectivity index (χ3v) is 7.05. The number of alkyl halides is 2. The lowest BCUT2D eigenvalue weighted by atomic mass is 10.0. The summed E-state index contributed by atoms with van der Waals surface area (Å²) in [5.74, 6) is -0.343. The van der Waals surface area contributed by atoms with Crippen LogP contribution in [0.4, 0.5) is 0 Å². The molecular weight excluding hydrogens is 522 g/mol. The van der Waals surface area contributed by atoms with E-state index in [0.29, 0.717) is 20.9 Å². The minimum absolute atomic E-state index is 0.205. The van der Waals surface area contributed by atoms with Crippen LogP contribution in [0.15, 0.2) is 42.5 Å². The number of carbonyl (C=O) groups excluding carboxylic acids is 1. The molecule has 3 aromatic rings. The third-order valence-electron chi connectivity index (χ3n) is 3.54. The molecule has 6 heteroatoms. The Morgan fingerprint density at radius 2 is 1.83 bits per heavy atom. The normalized spacial score (nSPS) is 12.4. The highest BCUT2D eigenvalue weighted by atomic mass is 127. The van der Waals surface area contributed by atoms with Gasteiger partial charge in [0.1, 0.15) is 9.67 Å². The Balaban J connectivity index is 2.30. The molecule has 4 nitrogen and oxygen atoms in total. The topological polar surface area (TPSA) is 66.8 Å². The van der Waals surface area contributed by atoms with Crippen LogP contribution in [-0.2, 0) is 4.79 Å². The van der Waals surface area contributed by atoms with E-state index in [4.69, 9.17) is 4.74 Å². The first-order valence-electron chi connectivity index (χ1n) is 6.81. The van der Waals surface area contributed by atoms with E-state index in [1.807, 2.05) is 46.9 Å². The summed E-state index contributed by atoms with van der Waals surface area (Å²) in [5.41, 5.74) is 0. The minimum Gasteiger partial charge on any atom is -0.504 e. The summed E-state index contributed by atoms with van der Waals surface area (Å²) in [7, 11) is 0. The van der Waals surface area contributed by atoms with E-state index in [1.165, 1.54) is 6.07 Å². The summed E-state index contributed by atoms with van der Waals surface area (Å²) in [4.78, 5) is 12.2. The second-order valence-electron chi connectivity index (χ2n) is 5.00. The van der Waals surface area contributed by atoms with Crippen LogP contribution in [0.2, 0.25) is 0 Å². The van der Waals surface area contributed by atoms with Gasteiger partial charge in [0.15, 0.2) is 11.5 Å². The van der Waals surface area contributed by atoms with Crippen LogP contribution >= 0.6 is 45.2 Å². The van der Waals surface area contributed by atoms with Gasteiger partial charge in [0.25, 0.3) is 0 Å². The summed E-state index contributed by atoms with van der Waals surface area (Å²) >= 11 is 4.18. The number of esters is 1. The van der Waals surface area contributed by atoms with Crippen LogP contribution in [-0.4, -0.2) is 24.5 Å². The smallest absolute Gasteiger partial charge is 0.325 e. The molecule has 0 bridgehead atoms. The van der Waals surface area contributed by atoms with Crippen molar-refractivity contribution in [3.05, 3.63) is 42.5 Å². The lowest BCUT2D eigenvalue weighted by Gasteiger charge is -2.14. The summed E-state index contributed by atoms with van der Waals surface area (Å²) in [5, 5.41) is 22.5. The van der Waals surface area contributed by atoms with Gasteiger partial charge < -0.3 is 14.9 Å². The van der Waals surface area contributed by atoms with Crippen molar-refractivity contribution in [1.29, 1.82) is 0 Å². The fourth-order valence-electron chi connectivity index (χ4n) is 2.41. The standard InChI is InChI=1S/C17H12I2O4/c18-8-13(19)17(22)23-16-10-4-2-1-3-9(10)7-12-11(16)5-6-14(20)15(12)21/h1-7,13,20-21H,8H2. The largest absolute Gasteiger partial charge is 0.504 e. The number of phenolic OH excluding ortho intramolecular Hbond substituents is 2. The Kier molecular flexibility index (Phi) is 4.81. The Morgan fingerprint density at radius 3 is 2.57 bits per heavy atom. The molecule has 3 aromatic carbocycles. The molecule has 3 rings (SSSR count). The van der Waals surface area contributed by atoms with E-state index in [2.05, 4.69) is 22.6 Å². The van der Waals surface area contributed by atoms with Gasteiger partial charge in [0.05, 0.1) is 0 Å². The maximum atomic E-state index is 12.2. The highest BCUT2D eigenvalue weighted by Crippen LogP contribution is 2.42.